The lowest BCUT2D eigenvalue weighted by atomic mass is 9.90. The van der Waals surface area contributed by atoms with Crippen molar-refractivity contribution in [3.8, 4) is 0 Å². The molecule has 0 aliphatic carbocycles. The zero-order chi connectivity index (χ0) is 18.2. The minimum atomic E-state index is -0.660. The van der Waals surface area contributed by atoms with Gasteiger partial charge in [-0.05, 0) is 23.5 Å². The van der Waals surface area contributed by atoms with Gasteiger partial charge >= 0.3 is 0 Å². The number of hydrogen-bond donors (Lipinski definition) is 3. The summed E-state index contributed by atoms with van der Waals surface area (Å²) in [5.74, 6) is 4.43. The van der Waals surface area contributed by atoms with Crippen LogP contribution in [0.4, 0.5) is 0 Å². The summed E-state index contributed by atoms with van der Waals surface area (Å²) >= 11 is 0. The van der Waals surface area contributed by atoms with Crippen molar-refractivity contribution in [1.82, 2.24) is 10.7 Å². The predicted octanol–water partition coefficient (Wildman–Crippen LogP) is 2.34. The summed E-state index contributed by atoms with van der Waals surface area (Å²) in [6.07, 6.45) is 0.519. The van der Waals surface area contributed by atoms with Crippen LogP contribution in [0.5, 0.6) is 0 Å². The van der Waals surface area contributed by atoms with Crippen molar-refractivity contribution in [2.45, 2.75) is 32.2 Å². The Kier molecular flexibility index (Phi) is 6.71. The van der Waals surface area contributed by atoms with Crippen LogP contribution in [-0.2, 0) is 9.59 Å². The number of hydrogen-bond acceptors (Lipinski definition) is 3. The summed E-state index contributed by atoms with van der Waals surface area (Å²) in [5, 5.41) is 2.87. The quantitative estimate of drug-likeness (QED) is 0.411. The summed E-state index contributed by atoms with van der Waals surface area (Å²) in [6.45, 7) is 3.99. The molecule has 0 aliphatic rings. The Morgan fingerprint density at radius 2 is 1.36 bits per heavy atom. The van der Waals surface area contributed by atoms with E-state index in [1.54, 1.807) is 0 Å². The van der Waals surface area contributed by atoms with Gasteiger partial charge in [0.1, 0.15) is 6.04 Å². The molecule has 0 fully saturated rings. The van der Waals surface area contributed by atoms with Crippen molar-refractivity contribution in [2.75, 3.05) is 0 Å². The molecule has 1 atom stereocenters. The van der Waals surface area contributed by atoms with Gasteiger partial charge in [-0.1, -0.05) is 74.5 Å². The Bertz CT molecular complexity index is 647. The van der Waals surface area contributed by atoms with E-state index in [1.165, 1.54) is 0 Å². The number of amides is 2. The van der Waals surface area contributed by atoms with Gasteiger partial charge in [0.05, 0.1) is 5.92 Å². The second-order valence-electron chi connectivity index (χ2n) is 6.45. The number of carbonyl (C=O) groups excluding carboxylic acids is 2. The number of nitrogens with one attached hydrogen (secondary N) is 2. The van der Waals surface area contributed by atoms with Gasteiger partial charge in [0, 0.05) is 0 Å². The largest absolute Gasteiger partial charge is 0.343 e. The van der Waals surface area contributed by atoms with Gasteiger partial charge in [-0.25, -0.2) is 5.84 Å². The Morgan fingerprint density at radius 3 is 1.76 bits per heavy atom. The van der Waals surface area contributed by atoms with E-state index >= 15 is 0 Å². The molecular weight excluding hydrogens is 314 g/mol. The lowest BCUT2D eigenvalue weighted by Crippen LogP contribution is -2.50. The molecule has 1 unspecified atom stereocenters. The molecule has 0 saturated heterocycles. The molecule has 0 aliphatic heterocycles. The van der Waals surface area contributed by atoms with E-state index in [0.717, 1.165) is 11.1 Å². The van der Waals surface area contributed by atoms with Crippen LogP contribution in [0.15, 0.2) is 60.7 Å². The minimum absolute atomic E-state index is 0.216. The molecule has 132 valence electrons. The van der Waals surface area contributed by atoms with Gasteiger partial charge in [-0.3, -0.25) is 15.0 Å². The first-order chi connectivity index (χ1) is 12.0. The molecule has 2 rings (SSSR count). The Morgan fingerprint density at radius 1 is 0.880 bits per heavy atom. The third-order valence-corrected chi connectivity index (χ3v) is 4.01. The maximum absolute atomic E-state index is 13.0. The molecule has 2 amide bonds. The average molecular weight is 339 g/mol. The van der Waals surface area contributed by atoms with Crippen LogP contribution in [0.3, 0.4) is 0 Å². The highest BCUT2D eigenvalue weighted by Gasteiger charge is 2.27. The molecule has 0 radical (unpaired) electrons. The molecule has 2 aromatic rings. The van der Waals surface area contributed by atoms with Gasteiger partial charge < -0.3 is 5.32 Å². The summed E-state index contributed by atoms with van der Waals surface area (Å²) < 4.78 is 0. The van der Waals surface area contributed by atoms with E-state index in [4.69, 9.17) is 5.84 Å². The first-order valence-corrected chi connectivity index (χ1v) is 8.43. The summed E-state index contributed by atoms with van der Waals surface area (Å²) in [4.78, 5) is 25.1. The van der Waals surface area contributed by atoms with Crippen LogP contribution < -0.4 is 16.6 Å². The first-order valence-electron chi connectivity index (χ1n) is 8.43. The SMILES string of the molecule is CC(C)CC(NC(=O)C(c1ccccc1)c1ccccc1)C(=O)NN. The number of carbonyl (C=O) groups is 2. The van der Waals surface area contributed by atoms with Crippen LogP contribution >= 0.6 is 0 Å². The highest BCUT2D eigenvalue weighted by molar-refractivity contribution is 5.92. The maximum atomic E-state index is 13.0. The van der Waals surface area contributed by atoms with Crippen molar-refractivity contribution >= 4 is 11.8 Å². The van der Waals surface area contributed by atoms with E-state index in [0.29, 0.717) is 6.42 Å². The van der Waals surface area contributed by atoms with Crippen LogP contribution in [-0.4, -0.2) is 17.9 Å². The van der Waals surface area contributed by atoms with E-state index in [9.17, 15) is 9.59 Å². The van der Waals surface area contributed by atoms with Crippen molar-refractivity contribution in [3.05, 3.63) is 71.8 Å². The molecule has 0 bridgehead atoms. The zero-order valence-electron chi connectivity index (χ0n) is 14.6. The van der Waals surface area contributed by atoms with Gasteiger partial charge in [-0.2, -0.15) is 0 Å². The summed E-state index contributed by atoms with van der Waals surface area (Å²) in [7, 11) is 0. The van der Waals surface area contributed by atoms with Crippen molar-refractivity contribution in [2.24, 2.45) is 11.8 Å². The van der Waals surface area contributed by atoms with Crippen LogP contribution in [0, 0.1) is 5.92 Å². The number of rotatable bonds is 7. The predicted molar refractivity (Wildman–Crippen MR) is 98.4 cm³/mol. The third-order valence-electron chi connectivity index (χ3n) is 4.01. The zero-order valence-corrected chi connectivity index (χ0v) is 14.6. The molecule has 0 saturated carbocycles. The van der Waals surface area contributed by atoms with E-state index in [2.05, 4.69) is 10.7 Å². The third kappa shape index (κ3) is 5.16. The van der Waals surface area contributed by atoms with Crippen molar-refractivity contribution in [1.29, 1.82) is 0 Å². The lowest BCUT2D eigenvalue weighted by molar-refractivity contribution is -0.129. The summed E-state index contributed by atoms with van der Waals surface area (Å²) in [6, 6.07) is 18.4. The molecule has 25 heavy (non-hydrogen) atoms. The highest BCUT2D eigenvalue weighted by atomic mass is 16.2. The first kappa shape index (κ1) is 18.7. The normalized spacial score (nSPS) is 12.0. The highest BCUT2D eigenvalue weighted by Crippen LogP contribution is 2.25. The van der Waals surface area contributed by atoms with Crippen molar-refractivity contribution in [3.63, 3.8) is 0 Å². The van der Waals surface area contributed by atoms with Crippen LogP contribution in [0.1, 0.15) is 37.3 Å². The van der Waals surface area contributed by atoms with Crippen LogP contribution in [0.25, 0.3) is 0 Å². The number of nitrogens with two attached hydrogens (primary N) is 1. The van der Waals surface area contributed by atoms with Crippen molar-refractivity contribution < 1.29 is 9.59 Å². The Labute approximate surface area is 148 Å². The fraction of sp³-hybridized carbons (Fsp3) is 0.300. The fourth-order valence-corrected chi connectivity index (χ4v) is 2.84. The Balaban J connectivity index is 2.30. The molecule has 0 aromatic heterocycles. The van der Waals surface area contributed by atoms with Crippen LogP contribution in [0.2, 0.25) is 0 Å². The minimum Gasteiger partial charge on any atom is -0.343 e. The molecule has 4 N–H and O–H groups in total. The standard InChI is InChI=1S/C20H25N3O2/c1-14(2)13-17(19(24)23-21)22-20(25)18(15-9-5-3-6-10-15)16-11-7-4-8-12-16/h3-12,14,17-18H,13,21H2,1-2H3,(H,22,25)(H,23,24). The van der Waals surface area contributed by atoms with E-state index in [-0.39, 0.29) is 17.7 Å². The van der Waals surface area contributed by atoms with E-state index < -0.39 is 12.0 Å². The van der Waals surface area contributed by atoms with Gasteiger partial charge in [0.25, 0.3) is 5.91 Å². The lowest BCUT2D eigenvalue weighted by Gasteiger charge is -2.23. The van der Waals surface area contributed by atoms with Gasteiger partial charge in [0.2, 0.25) is 5.91 Å². The Hall–Kier alpha value is -2.66. The smallest absolute Gasteiger partial charge is 0.256 e. The molecule has 5 nitrogen and oxygen atoms in total. The van der Waals surface area contributed by atoms with E-state index in [1.807, 2.05) is 74.5 Å². The van der Waals surface area contributed by atoms with Gasteiger partial charge in [-0.15, -0.1) is 0 Å². The molecule has 0 heterocycles. The molecular formula is C20H25N3O2. The fourth-order valence-electron chi connectivity index (χ4n) is 2.84. The number of hydrazine groups is 1. The average Bonchev–Trinajstić information content (AvgIpc) is 2.62. The number of benzene rings is 2. The monoisotopic (exact) mass is 339 g/mol. The van der Waals surface area contributed by atoms with Gasteiger partial charge in [0.15, 0.2) is 0 Å². The molecule has 5 heteroatoms. The second kappa shape index (κ2) is 8.99. The second-order valence-corrected chi connectivity index (χ2v) is 6.45. The topological polar surface area (TPSA) is 84.2 Å². The molecule has 2 aromatic carbocycles. The maximum Gasteiger partial charge on any atom is 0.256 e. The summed E-state index contributed by atoms with van der Waals surface area (Å²) in [5.41, 5.74) is 3.90. The molecule has 0 spiro atoms.